The van der Waals surface area contributed by atoms with E-state index in [9.17, 15) is 26.4 Å². The van der Waals surface area contributed by atoms with E-state index in [2.05, 4.69) is 5.10 Å². The molecule has 4 N–H and O–H groups in total. The van der Waals surface area contributed by atoms with Crippen molar-refractivity contribution in [3.05, 3.63) is 75.8 Å². The Labute approximate surface area is 253 Å². The summed E-state index contributed by atoms with van der Waals surface area (Å²) in [5, 5.41) is 21.5. The minimum atomic E-state index is -5.08. The molecule has 0 radical (unpaired) electrons. The zero-order valence-electron chi connectivity index (χ0n) is 22.5. The third-order valence-corrected chi connectivity index (χ3v) is 9.49. The fourth-order valence-electron chi connectivity index (χ4n) is 3.99. The van der Waals surface area contributed by atoms with Crippen LogP contribution >= 0.6 is 22.9 Å². The smallest absolute Gasteiger partial charge is 0.490 e. The molecule has 0 spiro atoms. The number of alkyl halides is 3. The van der Waals surface area contributed by atoms with Gasteiger partial charge in [0.15, 0.2) is 15.6 Å². The molecule has 10 nitrogen and oxygen atoms in total. The van der Waals surface area contributed by atoms with Crippen molar-refractivity contribution in [1.29, 1.82) is 0 Å². The minimum absolute atomic E-state index is 0.188. The van der Waals surface area contributed by atoms with Gasteiger partial charge in [0.1, 0.15) is 15.7 Å². The van der Waals surface area contributed by atoms with Crippen LogP contribution < -0.4 is 10.5 Å². The van der Waals surface area contributed by atoms with Crippen LogP contribution in [0, 0.1) is 0 Å². The summed E-state index contributed by atoms with van der Waals surface area (Å²) in [5.74, 6) is -2.69. The summed E-state index contributed by atoms with van der Waals surface area (Å²) in [6.07, 6.45) is -4.34. The molecule has 0 aliphatic heterocycles. The highest BCUT2D eigenvalue weighted by atomic mass is 35.5. The molecule has 0 unspecified atom stereocenters. The number of nitrogens with two attached hydrogens (primary N) is 1. The van der Waals surface area contributed by atoms with Crippen molar-refractivity contribution in [2.24, 2.45) is 5.73 Å². The first-order valence-electron chi connectivity index (χ1n) is 12.4. The number of ether oxygens (including phenoxy) is 1. The van der Waals surface area contributed by atoms with Crippen LogP contribution in [-0.2, 0) is 38.1 Å². The van der Waals surface area contributed by atoms with Crippen LogP contribution in [0.1, 0.15) is 23.2 Å². The van der Waals surface area contributed by atoms with Gasteiger partial charge in [0.25, 0.3) is 0 Å². The third-order valence-electron chi connectivity index (χ3n) is 6.05. The first-order valence-corrected chi connectivity index (χ1v) is 15.3. The number of carbonyl (C=O) groups is 2. The number of hydrogen-bond acceptors (Lipinski definition) is 9. The van der Waals surface area contributed by atoms with E-state index in [0.29, 0.717) is 34.1 Å². The number of aryl methyl sites for hydroxylation is 1. The van der Waals surface area contributed by atoms with Crippen molar-refractivity contribution in [3.63, 3.8) is 0 Å². The van der Waals surface area contributed by atoms with Gasteiger partial charge < -0.3 is 20.7 Å². The number of aliphatic carboxylic acids is 1. The van der Waals surface area contributed by atoms with Gasteiger partial charge in [-0.05, 0) is 41.8 Å². The van der Waals surface area contributed by atoms with Gasteiger partial charge in [0.2, 0.25) is 0 Å². The number of rotatable bonds is 11. The SMILES string of the molecule is COc1cccc2c1c(CS(=O)(=O)c1ccc(Cl)s1)nn2Cc1cccc(CCC(=O)[C@H](N)CO)c1.O=C(O)C(F)(F)F. The van der Waals surface area contributed by atoms with E-state index in [4.69, 9.17) is 37.1 Å². The largest absolute Gasteiger partial charge is 0.496 e. The van der Waals surface area contributed by atoms with Gasteiger partial charge in [-0.3, -0.25) is 9.48 Å². The van der Waals surface area contributed by atoms with E-state index in [1.54, 1.807) is 16.8 Å². The quantitative estimate of drug-likeness (QED) is 0.214. The number of methoxy groups -OCH3 is 1. The maximum atomic E-state index is 13.1. The van der Waals surface area contributed by atoms with Crippen LogP contribution in [0.3, 0.4) is 0 Å². The number of Topliss-reactive ketones (excluding diaryl/α,β-unsaturated/α-hetero) is 1. The average Bonchev–Trinajstić information content (AvgIpc) is 3.55. The van der Waals surface area contributed by atoms with Crippen LogP contribution in [0.15, 0.2) is 58.8 Å². The van der Waals surface area contributed by atoms with E-state index in [1.165, 1.54) is 13.2 Å². The molecule has 0 amide bonds. The molecule has 0 fully saturated rings. The van der Waals surface area contributed by atoms with Gasteiger partial charge in [-0.1, -0.05) is 41.9 Å². The molecule has 0 bridgehead atoms. The number of benzene rings is 2. The van der Waals surface area contributed by atoms with Crippen LogP contribution in [0.4, 0.5) is 13.2 Å². The lowest BCUT2D eigenvalue weighted by molar-refractivity contribution is -0.192. The van der Waals surface area contributed by atoms with E-state index in [0.717, 1.165) is 28.0 Å². The summed E-state index contributed by atoms with van der Waals surface area (Å²) >= 11 is 6.98. The number of thiophene rings is 1. The molecule has 4 aromatic rings. The molecule has 43 heavy (non-hydrogen) atoms. The number of carboxylic acids is 1. The molecule has 2 aromatic heterocycles. The molecule has 4 rings (SSSR count). The molecular formula is C27H27ClF3N3O7S2. The number of carbonyl (C=O) groups excluding carboxylic acids is 1. The van der Waals surface area contributed by atoms with E-state index in [-0.39, 0.29) is 28.8 Å². The number of ketones is 1. The number of nitrogens with zero attached hydrogens (tertiary/aromatic N) is 2. The van der Waals surface area contributed by atoms with E-state index < -0.39 is 28.0 Å². The fourth-order valence-corrected chi connectivity index (χ4v) is 6.84. The van der Waals surface area contributed by atoms with Crippen LogP contribution in [-0.4, -0.2) is 66.1 Å². The first kappa shape index (κ1) is 34.0. The summed E-state index contributed by atoms with van der Waals surface area (Å²) in [5.41, 5.74) is 8.65. The molecule has 0 aliphatic carbocycles. The number of sulfone groups is 1. The molecule has 0 saturated carbocycles. The lowest BCUT2D eigenvalue weighted by atomic mass is 10.0. The second-order valence-corrected chi connectivity index (χ2v) is 13.1. The fraction of sp³-hybridized carbons (Fsp3) is 0.296. The topological polar surface area (TPSA) is 162 Å². The minimum Gasteiger partial charge on any atom is -0.496 e. The summed E-state index contributed by atoms with van der Waals surface area (Å²) in [6, 6.07) is 15.5. The molecule has 1 atom stereocenters. The number of carboxylic acid groups (broad SMARTS) is 1. The number of halogens is 4. The van der Waals surface area contributed by atoms with Gasteiger partial charge >= 0.3 is 12.1 Å². The average molecular weight is 662 g/mol. The zero-order chi connectivity index (χ0) is 31.9. The Morgan fingerprint density at radius 1 is 1.14 bits per heavy atom. The maximum absolute atomic E-state index is 13.1. The molecule has 0 aliphatic rings. The summed E-state index contributed by atoms with van der Waals surface area (Å²) in [4.78, 5) is 20.9. The highest BCUT2D eigenvalue weighted by Crippen LogP contribution is 2.33. The lowest BCUT2D eigenvalue weighted by Gasteiger charge is -2.09. The van der Waals surface area contributed by atoms with Gasteiger partial charge in [0, 0.05) is 6.42 Å². The Hall–Kier alpha value is -3.50. The Morgan fingerprint density at radius 2 is 1.79 bits per heavy atom. The van der Waals surface area contributed by atoms with Crippen LogP contribution in [0.5, 0.6) is 5.75 Å². The van der Waals surface area contributed by atoms with Crippen molar-refractivity contribution < 1.29 is 46.1 Å². The Morgan fingerprint density at radius 3 is 2.37 bits per heavy atom. The number of aliphatic hydroxyl groups is 1. The molecule has 2 heterocycles. The highest BCUT2D eigenvalue weighted by molar-refractivity contribution is 7.92. The maximum Gasteiger partial charge on any atom is 0.490 e. The molecule has 0 saturated heterocycles. The number of aliphatic hydroxyl groups excluding tert-OH is 1. The van der Waals surface area contributed by atoms with Gasteiger partial charge in [-0.15, -0.1) is 11.3 Å². The monoisotopic (exact) mass is 661 g/mol. The van der Waals surface area contributed by atoms with Crippen LogP contribution in [0.25, 0.3) is 10.9 Å². The molecular weight excluding hydrogens is 635 g/mol. The second kappa shape index (κ2) is 14.3. The Bertz CT molecular complexity index is 1710. The Kier molecular flexibility index (Phi) is 11.3. The number of hydrogen-bond donors (Lipinski definition) is 3. The van der Waals surface area contributed by atoms with Gasteiger partial charge in [-0.25, -0.2) is 13.2 Å². The first-order chi connectivity index (χ1) is 20.2. The second-order valence-electron chi connectivity index (χ2n) is 9.15. The van der Waals surface area contributed by atoms with E-state index >= 15 is 0 Å². The summed E-state index contributed by atoms with van der Waals surface area (Å²) < 4.78 is 65.8. The molecule has 2 aromatic carbocycles. The van der Waals surface area contributed by atoms with Gasteiger partial charge in [-0.2, -0.15) is 18.3 Å². The highest BCUT2D eigenvalue weighted by Gasteiger charge is 2.38. The molecule has 16 heteroatoms. The predicted molar refractivity (Wildman–Crippen MR) is 154 cm³/mol. The standard InChI is InChI=1S/C25H26ClN3O5S2.C2HF3O2/c1-34-22-7-3-6-20-25(22)19(15-36(32,33)24-11-10-23(26)35-24)28-29(20)13-17-5-2-4-16(12-17)8-9-21(31)18(27)14-30;3-2(4,5)1(6)7/h2-7,10-12,18,30H,8-9,13-15,27H2,1H3;(H,6,7)/t18-;/m1./s1. The van der Waals surface area contributed by atoms with Crippen molar-refractivity contribution in [1.82, 2.24) is 9.78 Å². The van der Waals surface area contributed by atoms with Crippen LogP contribution in [0.2, 0.25) is 4.34 Å². The van der Waals surface area contributed by atoms with Crippen molar-refractivity contribution in [2.45, 2.75) is 41.6 Å². The summed E-state index contributed by atoms with van der Waals surface area (Å²) in [7, 11) is -2.12. The number of aromatic nitrogens is 2. The van der Waals surface area contributed by atoms with Crippen molar-refractivity contribution in [2.75, 3.05) is 13.7 Å². The molecule has 232 valence electrons. The normalized spacial score (nSPS) is 12.4. The lowest BCUT2D eigenvalue weighted by Crippen LogP contribution is -2.34. The van der Waals surface area contributed by atoms with E-state index in [1.807, 2.05) is 36.4 Å². The predicted octanol–water partition coefficient (Wildman–Crippen LogP) is 4.24. The third kappa shape index (κ3) is 9.00. The van der Waals surface area contributed by atoms with Crippen molar-refractivity contribution >= 4 is 55.4 Å². The number of fused-ring (bicyclic) bond motifs is 1. The Balaban J connectivity index is 0.000000646. The van der Waals surface area contributed by atoms with Gasteiger partial charge in [0.05, 0.1) is 47.2 Å². The summed E-state index contributed by atoms with van der Waals surface area (Å²) in [6.45, 7) is 0.0266. The van der Waals surface area contributed by atoms with Crippen molar-refractivity contribution in [3.8, 4) is 5.75 Å². The zero-order valence-corrected chi connectivity index (χ0v) is 24.9.